The Morgan fingerprint density at radius 3 is 2.74 bits per heavy atom. The van der Waals surface area contributed by atoms with Gasteiger partial charge in [-0.2, -0.15) is 0 Å². The minimum atomic E-state index is -0.263. The van der Waals surface area contributed by atoms with Crippen LogP contribution in [0.25, 0.3) is 10.9 Å². The van der Waals surface area contributed by atoms with E-state index in [0.717, 1.165) is 53.8 Å². The van der Waals surface area contributed by atoms with Crippen LogP contribution in [-0.4, -0.2) is 65.9 Å². The van der Waals surface area contributed by atoms with Crippen molar-refractivity contribution in [2.24, 2.45) is 7.05 Å². The van der Waals surface area contributed by atoms with Crippen LogP contribution in [-0.2, 0) is 11.8 Å². The number of aryl methyl sites for hydroxylation is 1. The molecule has 0 unspecified atom stereocenters. The van der Waals surface area contributed by atoms with Crippen LogP contribution in [0.3, 0.4) is 0 Å². The Kier molecular flexibility index (Phi) is 4.89. The van der Waals surface area contributed by atoms with E-state index in [-0.39, 0.29) is 11.5 Å². The van der Waals surface area contributed by atoms with Crippen LogP contribution in [0, 0.1) is 6.92 Å². The number of amides is 1. The molecule has 3 aromatic rings. The van der Waals surface area contributed by atoms with Gasteiger partial charge in [0.25, 0.3) is 11.9 Å². The molecule has 1 amide bonds. The van der Waals surface area contributed by atoms with E-state index in [2.05, 4.69) is 14.5 Å². The minimum Gasteiger partial charge on any atom is -0.497 e. The molecule has 2 aliphatic rings. The molecule has 8 nitrogen and oxygen atoms in total. The summed E-state index contributed by atoms with van der Waals surface area (Å²) in [5, 5.41) is 0.939. The molecule has 2 aromatic heterocycles. The number of hydrogen-bond acceptors (Lipinski definition) is 6. The molecule has 8 heteroatoms. The predicted molar refractivity (Wildman–Crippen MR) is 117 cm³/mol. The van der Waals surface area contributed by atoms with E-state index in [0.29, 0.717) is 25.7 Å². The van der Waals surface area contributed by atoms with Crippen molar-refractivity contribution in [1.29, 1.82) is 0 Å². The van der Waals surface area contributed by atoms with Gasteiger partial charge < -0.3 is 28.3 Å². The van der Waals surface area contributed by atoms with Crippen molar-refractivity contribution in [2.75, 3.05) is 44.8 Å². The van der Waals surface area contributed by atoms with Crippen molar-refractivity contribution >= 4 is 22.8 Å². The summed E-state index contributed by atoms with van der Waals surface area (Å²) in [5.41, 5.74) is 2.50. The predicted octanol–water partition coefficient (Wildman–Crippen LogP) is 2.99. The van der Waals surface area contributed by atoms with Crippen LogP contribution < -0.4 is 9.64 Å². The van der Waals surface area contributed by atoms with Crippen LogP contribution in [0.1, 0.15) is 28.9 Å². The molecule has 1 aromatic carbocycles. The number of methoxy groups -OCH3 is 1. The number of nitrogens with zero attached hydrogens (tertiary/aromatic N) is 4. The summed E-state index contributed by atoms with van der Waals surface area (Å²) < 4.78 is 19.2. The van der Waals surface area contributed by atoms with Gasteiger partial charge in [0, 0.05) is 43.3 Å². The maximum atomic E-state index is 13.6. The number of ether oxygens (including phenoxy) is 2. The second kappa shape index (κ2) is 7.60. The SMILES string of the molecule is COc1ccc2c(c1)c(C(=O)N1CCC3(CC1)CN(c1ncco1)CCO3)c(C)n2C. The number of carbonyl (C=O) groups excluding carboxylic acids is 1. The molecule has 0 bridgehead atoms. The van der Waals surface area contributed by atoms with Gasteiger partial charge in [0.1, 0.15) is 12.0 Å². The molecule has 0 radical (unpaired) electrons. The number of rotatable bonds is 3. The average molecular weight is 425 g/mol. The molecular weight excluding hydrogens is 396 g/mol. The molecule has 2 fully saturated rings. The third-order valence-corrected chi connectivity index (χ3v) is 6.81. The Balaban J connectivity index is 1.35. The lowest BCUT2D eigenvalue weighted by molar-refractivity contribution is -0.0877. The fourth-order valence-corrected chi connectivity index (χ4v) is 4.91. The van der Waals surface area contributed by atoms with Gasteiger partial charge in [0.2, 0.25) is 0 Å². The highest BCUT2D eigenvalue weighted by Crippen LogP contribution is 2.34. The number of hydrogen-bond donors (Lipinski definition) is 0. The van der Waals surface area contributed by atoms with E-state index in [9.17, 15) is 4.79 Å². The van der Waals surface area contributed by atoms with Gasteiger partial charge in [-0.25, -0.2) is 4.98 Å². The number of oxazole rings is 1. The molecule has 4 heterocycles. The lowest BCUT2D eigenvalue weighted by Gasteiger charge is -2.46. The number of piperidine rings is 1. The molecule has 0 N–H and O–H groups in total. The maximum Gasteiger partial charge on any atom is 0.297 e. The first-order chi connectivity index (χ1) is 15.0. The zero-order valence-corrected chi connectivity index (χ0v) is 18.3. The van der Waals surface area contributed by atoms with Gasteiger partial charge >= 0.3 is 0 Å². The van der Waals surface area contributed by atoms with E-state index in [1.54, 1.807) is 19.6 Å². The van der Waals surface area contributed by atoms with Crippen molar-refractivity contribution in [3.8, 4) is 5.75 Å². The van der Waals surface area contributed by atoms with Gasteiger partial charge in [0.15, 0.2) is 0 Å². The molecule has 31 heavy (non-hydrogen) atoms. The van der Waals surface area contributed by atoms with Crippen LogP contribution in [0.5, 0.6) is 5.75 Å². The molecule has 1 spiro atoms. The normalized spacial score (nSPS) is 18.7. The maximum absolute atomic E-state index is 13.6. The van der Waals surface area contributed by atoms with Gasteiger partial charge in [-0.3, -0.25) is 4.79 Å². The van der Waals surface area contributed by atoms with Crippen molar-refractivity contribution < 1.29 is 18.7 Å². The number of likely N-dealkylation sites (tertiary alicyclic amines) is 1. The largest absolute Gasteiger partial charge is 0.497 e. The summed E-state index contributed by atoms with van der Waals surface area (Å²) in [5.74, 6) is 0.832. The Morgan fingerprint density at radius 2 is 2.03 bits per heavy atom. The number of morpholine rings is 1. The molecule has 0 aliphatic carbocycles. The summed E-state index contributed by atoms with van der Waals surface area (Å²) >= 11 is 0. The highest BCUT2D eigenvalue weighted by molar-refractivity contribution is 6.08. The number of aromatic nitrogens is 2. The first kappa shape index (κ1) is 19.9. The lowest BCUT2D eigenvalue weighted by Crippen LogP contribution is -2.57. The summed E-state index contributed by atoms with van der Waals surface area (Å²) in [6.45, 7) is 5.47. The highest BCUT2D eigenvalue weighted by Gasteiger charge is 2.42. The summed E-state index contributed by atoms with van der Waals surface area (Å²) in [6, 6.07) is 6.54. The van der Waals surface area contributed by atoms with Crippen molar-refractivity contribution in [1.82, 2.24) is 14.5 Å². The fraction of sp³-hybridized carbons (Fsp3) is 0.478. The Bertz CT molecular complexity index is 1100. The Labute approximate surface area is 181 Å². The number of carbonyl (C=O) groups is 1. The smallest absolute Gasteiger partial charge is 0.297 e. The van der Waals surface area contributed by atoms with Gasteiger partial charge in [-0.15, -0.1) is 0 Å². The van der Waals surface area contributed by atoms with Gasteiger partial charge in [-0.05, 0) is 38.0 Å². The Morgan fingerprint density at radius 1 is 1.23 bits per heavy atom. The topological polar surface area (TPSA) is 73.0 Å². The van der Waals surface area contributed by atoms with Crippen LogP contribution in [0.15, 0.2) is 35.1 Å². The molecule has 5 rings (SSSR count). The quantitative estimate of drug-likeness (QED) is 0.644. The molecule has 2 aliphatic heterocycles. The van der Waals surface area contributed by atoms with Crippen molar-refractivity contribution in [3.05, 3.63) is 41.9 Å². The first-order valence-electron chi connectivity index (χ1n) is 10.7. The number of fused-ring (bicyclic) bond motifs is 1. The second-order valence-electron chi connectivity index (χ2n) is 8.46. The van der Waals surface area contributed by atoms with Gasteiger partial charge in [0.05, 0.1) is 37.6 Å². The number of anilines is 1. The molecule has 0 saturated carbocycles. The lowest BCUT2D eigenvalue weighted by atomic mass is 9.89. The number of benzene rings is 1. The van der Waals surface area contributed by atoms with Crippen LogP contribution in [0.4, 0.5) is 6.01 Å². The molecule has 0 atom stereocenters. The van der Waals surface area contributed by atoms with E-state index in [4.69, 9.17) is 13.9 Å². The summed E-state index contributed by atoms with van der Waals surface area (Å²) in [4.78, 5) is 21.9. The average Bonchev–Trinajstić information content (AvgIpc) is 3.41. The van der Waals surface area contributed by atoms with E-state index >= 15 is 0 Å². The molecule has 2 saturated heterocycles. The molecule has 164 valence electrons. The zero-order chi connectivity index (χ0) is 21.6. The van der Waals surface area contributed by atoms with E-state index in [1.807, 2.05) is 37.1 Å². The first-order valence-corrected chi connectivity index (χ1v) is 10.7. The fourth-order valence-electron chi connectivity index (χ4n) is 4.91. The standard InChI is InChI=1S/C23H28N4O4/c1-16-20(18-14-17(29-3)4-5-19(18)25(16)2)21(28)26-9-6-23(7-10-26)15-27(11-13-31-23)22-24-8-12-30-22/h4-5,8,12,14H,6-7,9-11,13,15H2,1-3H3. The monoisotopic (exact) mass is 424 g/mol. The van der Waals surface area contributed by atoms with Crippen LogP contribution in [0.2, 0.25) is 0 Å². The zero-order valence-electron chi connectivity index (χ0n) is 18.3. The van der Waals surface area contributed by atoms with E-state index in [1.165, 1.54) is 0 Å². The highest BCUT2D eigenvalue weighted by atomic mass is 16.5. The van der Waals surface area contributed by atoms with E-state index < -0.39 is 0 Å². The molecular formula is C23H28N4O4. The minimum absolute atomic E-state index is 0.0755. The third kappa shape index (κ3) is 3.35. The Hall–Kier alpha value is -3.00. The summed E-state index contributed by atoms with van der Waals surface area (Å²) in [6.07, 6.45) is 4.85. The van der Waals surface area contributed by atoms with Crippen molar-refractivity contribution in [2.45, 2.75) is 25.4 Å². The van der Waals surface area contributed by atoms with Crippen molar-refractivity contribution in [3.63, 3.8) is 0 Å². The summed E-state index contributed by atoms with van der Waals surface area (Å²) in [7, 11) is 3.65. The third-order valence-electron chi connectivity index (χ3n) is 6.81. The van der Waals surface area contributed by atoms with Gasteiger partial charge in [-0.1, -0.05) is 0 Å². The second-order valence-corrected chi connectivity index (χ2v) is 8.46. The van der Waals surface area contributed by atoms with Crippen LogP contribution >= 0.6 is 0 Å².